The number of halogens is 1. The first-order valence-electron chi connectivity index (χ1n) is 7.16. The fraction of sp³-hybridized carbons (Fsp3) is 0.625. The van der Waals surface area contributed by atoms with E-state index in [-0.39, 0.29) is 0 Å². The Labute approximate surface area is 117 Å². The Kier molecular flexibility index (Phi) is 7.38. The molecule has 0 aromatic heterocycles. The summed E-state index contributed by atoms with van der Waals surface area (Å²) in [5.41, 5.74) is 1.35. The largest absolute Gasteiger partial charge is 0.311 e. The topological polar surface area (TPSA) is 12.0 Å². The fourth-order valence-electron chi connectivity index (χ4n) is 2.29. The number of unbranched alkanes of at least 4 members (excludes halogenated alkanes) is 1. The van der Waals surface area contributed by atoms with Crippen LogP contribution < -0.4 is 5.32 Å². The lowest BCUT2D eigenvalue weighted by atomic mass is 10.0. The van der Waals surface area contributed by atoms with E-state index in [4.69, 9.17) is 11.6 Å². The Balaban J connectivity index is 2.39. The second kappa shape index (κ2) is 8.55. The Bertz CT molecular complexity index is 320. The molecular formula is C16H26ClN. The third-order valence-electron chi connectivity index (χ3n) is 3.37. The van der Waals surface area contributed by atoms with Gasteiger partial charge in [-0.15, -0.1) is 0 Å². The maximum atomic E-state index is 5.90. The van der Waals surface area contributed by atoms with Gasteiger partial charge in [-0.1, -0.05) is 50.4 Å². The van der Waals surface area contributed by atoms with Gasteiger partial charge >= 0.3 is 0 Å². The maximum absolute atomic E-state index is 5.90. The molecule has 0 saturated heterocycles. The van der Waals surface area contributed by atoms with Crippen LogP contribution in [0, 0.1) is 0 Å². The second-order valence-corrected chi connectivity index (χ2v) is 5.58. The highest BCUT2D eigenvalue weighted by Gasteiger charge is 2.10. The predicted molar refractivity (Wildman–Crippen MR) is 81.4 cm³/mol. The van der Waals surface area contributed by atoms with Crippen LogP contribution in [0.25, 0.3) is 0 Å². The van der Waals surface area contributed by atoms with Crippen LogP contribution in [0.5, 0.6) is 0 Å². The van der Waals surface area contributed by atoms with Gasteiger partial charge in [0.2, 0.25) is 0 Å². The van der Waals surface area contributed by atoms with Crippen molar-refractivity contribution in [3.05, 3.63) is 34.9 Å². The lowest BCUT2D eigenvalue weighted by molar-refractivity contribution is 0.402. The van der Waals surface area contributed by atoms with Gasteiger partial charge in [0.05, 0.1) is 0 Å². The van der Waals surface area contributed by atoms with Crippen LogP contribution in [-0.2, 0) is 6.42 Å². The maximum Gasteiger partial charge on any atom is 0.0406 e. The van der Waals surface area contributed by atoms with Gasteiger partial charge in [0.1, 0.15) is 0 Å². The van der Waals surface area contributed by atoms with Gasteiger partial charge in [-0.2, -0.15) is 0 Å². The zero-order chi connectivity index (χ0) is 13.4. The smallest absolute Gasteiger partial charge is 0.0406 e. The molecule has 0 amide bonds. The first kappa shape index (κ1) is 15.5. The Morgan fingerprint density at radius 1 is 1.17 bits per heavy atom. The third kappa shape index (κ3) is 5.88. The van der Waals surface area contributed by atoms with Gasteiger partial charge in [-0.25, -0.2) is 0 Å². The molecule has 2 unspecified atom stereocenters. The summed E-state index contributed by atoms with van der Waals surface area (Å²) in [6.45, 7) is 6.79. The summed E-state index contributed by atoms with van der Waals surface area (Å²) >= 11 is 5.90. The first-order chi connectivity index (χ1) is 8.65. The highest BCUT2D eigenvalue weighted by molar-refractivity contribution is 6.30. The van der Waals surface area contributed by atoms with Crippen molar-refractivity contribution in [1.29, 1.82) is 0 Å². The minimum atomic E-state index is 0.521. The monoisotopic (exact) mass is 267 g/mol. The molecule has 1 aromatic rings. The molecule has 1 N–H and O–H groups in total. The molecule has 0 saturated carbocycles. The van der Waals surface area contributed by atoms with Crippen molar-refractivity contribution in [2.45, 2.75) is 65.0 Å². The van der Waals surface area contributed by atoms with Crippen LogP contribution in [0.3, 0.4) is 0 Å². The third-order valence-corrected chi connectivity index (χ3v) is 3.63. The Hall–Kier alpha value is -0.530. The first-order valence-corrected chi connectivity index (χ1v) is 7.54. The average molecular weight is 268 g/mol. The van der Waals surface area contributed by atoms with Gasteiger partial charge in [0.25, 0.3) is 0 Å². The molecule has 0 aliphatic heterocycles. The van der Waals surface area contributed by atoms with E-state index in [9.17, 15) is 0 Å². The van der Waals surface area contributed by atoms with Gasteiger partial charge in [-0.3, -0.25) is 0 Å². The van der Waals surface area contributed by atoms with Gasteiger partial charge < -0.3 is 5.32 Å². The molecule has 2 heteroatoms. The van der Waals surface area contributed by atoms with Crippen LogP contribution in [0.15, 0.2) is 24.3 Å². The van der Waals surface area contributed by atoms with Crippen LogP contribution in [0.1, 0.15) is 52.0 Å². The van der Waals surface area contributed by atoms with Crippen LogP contribution in [0.2, 0.25) is 5.02 Å². The van der Waals surface area contributed by atoms with Crippen LogP contribution in [-0.4, -0.2) is 12.1 Å². The highest BCUT2D eigenvalue weighted by Crippen LogP contribution is 2.12. The summed E-state index contributed by atoms with van der Waals surface area (Å²) in [6.07, 6.45) is 6.17. The molecule has 18 heavy (non-hydrogen) atoms. The van der Waals surface area contributed by atoms with Crippen LogP contribution in [0.4, 0.5) is 0 Å². The number of hydrogen-bond donors (Lipinski definition) is 1. The lowest BCUT2D eigenvalue weighted by Gasteiger charge is -2.22. The summed E-state index contributed by atoms with van der Waals surface area (Å²) in [6, 6.07) is 9.36. The number of hydrogen-bond acceptors (Lipinski definition) is 1. The number of rotatable bonds is 8. The van der Waals surface area contributed by atoms with E-state index in [2.05, 4.69) is 38.2 Å². The van der Waals surface area contributed by atoms with Crippen molar-refractivity contribution >= 4 is 11.6 Å². The van der Waals surface area contributed by atoms with Crippen molar-refractivity contribution in [3.63, 3.8) is 0 Å². The number of benzene rings is 1. The normalized spacial score (nSPS) is 14.4. The van der Waals surface area contributed by atoms with E-state index in [0.717, 1.165) is 11.4 Å². The predicted octanol–water partition coefficient (Wildman–Crippen LogP) is 4.83. The summed E-state index contributed by atoms with van der Waals surface area (Å²) in [7, 11) is 0. The van der Waals surface area contributed by atoms with E-state index in [1.165, 1.54) is 31.2 Å². The van der Waals surface area contributed by atoms with Crippen molar-refractivity contribution in [3.8, 4) is 0 Å². The molecule has 102 valence electrons. The summed E-state index contributed by atoms with van der Waals surface area (Å²) in [5, 5.41) is 4.55. The van der Waals surface area contributed by atoms with Gasteiger partial charge in [0, 0.05) is 17.1 Å². The summed E-state index contributed by atoms with van der Waals surface area (Å²) in [4.78, 5) is 0. The van der Waals surface area contributed by atoms with Crippen molar-refractivity contribution in [2.24, 2.45) is 0 Å². The Morgan fingerprint density at radius 2 is 1.83 bits per heavy atom. The summed E-state index contributed by atoms with van der Waals surface area (Å²) < 4.78 is 0. The van der Waals surface area contributed by atoms with E-state index in [0.29, 0.717) is 12.1 Å². The molecule has 1 rings (SSSR count). The van der Waals surface area contributed by atoms with E-state index in [1.807, 2.05) is 12.1 Å². The van der Waals surface area contributed by atoms with Crippen molar-refractivity contribution < 1.29 is 0 Å². The van der Waals surface area contributed by atoms with Gasteiger partial charge in [-0.05, 0) is 43.9 Å². The minimum Gasteiger partial charge on any atom is -0.311 e. The molecule has 1 aromatic carbocycles. The second-order valence-electron chi connectivity index (χ2n) is 5.15. The van der Waals surface area contributed by atoms with Crippen molar-refractivity contribution in [1.82, 2.24) is 5.32 Å². The quantitative estimate of drug-likeness (QED) is 0.711. The van der Waals surface area contributed by atoms with Crippen LogP contribution >= 0.6 is 11.6 Å². The summed E-state index contributed by atoms with van der Waals surface area (Å²) in [5.74, 6) is 0. The molecule has 0 bridgehead atoms. The zero-order valence-corrected chi connectivity index (χ0v) is 12.6. The zero-order valence-electron chi connectivity index (χ0n) is 11.9. The molecule has 0 fully saturated rings. The molecule has 2 atom stereocenters. The molecule has 0 aliphatic carbocycles. The lowest BCUT2D eigenvalue weighted by Crippen LogP contribution is -2.37. The van der Waals surface area contributed by atoms with Crippen molar-refractivity contribution in [2.75, 3.05) is 0 Å². The standard InChI is InChI=1S/C16H26ClN/c1-4-6-7-16(5-2)18-13(3)12-14-8-10-15(17)11-9-14/h8-11,13,16,18H,4-7,12H2,1-3H3. The van der Waals surface area contributed by atoms with E-state index in [1.54, 1.807) is 0 Å². The fourth-order valence-corrected chi connectivity index (χ4v) is 2.42. The minimum absolute atomic E-state index is 0.521. The average Bonchev–Trinajstić information content (AvgIpc) is 2.37. The van der Waals surface area contributed by atoms with Gasteiger partial charge in [0.15, 0.2) is 0 Å². The molecule has 0 aliphatic rings. The molecular weight excluding hydrogens is 242 g/mol. The SMILES string of the molecule is CCCCC(CC)NC(C)Cc1ccc(Cl)cc1. The van der Waals surface area contributed by atoms with E-state index < -0.39 is 0 Å². The molecule has 0 heterocycles. The Morgan fingerprint density at radius 3 is 2.39 bits per heavy atom. The highest BCUT2D eigenvalue weighted by atomic mass is 35.5. The molecule has 1 nitrogen and oxygen atoms in total. The number of nitrogens with one attached hydrogen (secondary N) is 1. The molecule has 0 spiro atoms. The van der Waals surface area contributed by atoms with E-state index >= 15 is 0 Å². The molecule has 0 radical (unpaired) electrons.